The largest absolute Gasteiger partial charge is 0.486 e. The number of rotatable bonds is 8. The molecule has 0 spiro atoms. The van der Waals surface area contributed by atoms with Gasteiger partial charge in [0.1, 0.15) is 13.2 Å². The SMILES string of the molecule is O=C(COC(=O)c1cccc(NS(=O)(=O)/C=C/c2ccccc2)c1)NC(=O)Nc1ccc2c(c1)OCCO2. The van der Waals surface area contributed by atoms with E-state index >= 15 is 0 Å². The first-order valence-electron chi connectivity index (χ1n) is 11.3. The van der Waals surface area contributed by atoms with Crippen molar-refractivity contribution in [3.05, 3.63) is 89.3 Å². The third-order valence-electron chi connectivity index (χ3n) is 4.98. The molecule has 3 aromatic carbocycles. The molecule has 0 fully saturated rings. The van der Waals surface area contributed by atoms with Gasteiger partial charge < -0.3 is 19.5 Å². The molecule has 3 N–H and O–H groups in total. The van der Waals surface area contributed by atoms with Gasteiger partial charge in [-0.25, -0.2) is 18.0 Å². The number of hydrogen-bond donors (Lipinski definition) is 3. The topological polar surface area (TPSA) is 149 Å². The minimum absolute atomic E-state index is 0.00534. The molecule has 0 bridgehead atoms. The van der Waals surface area contributed by atoms with Crippen LogP contribution in [0, 0.1) is 0 Å². The lowest BCUT2D eigenvalue weighted by Gasteiger charge is -2.19. The number of fused-ring (bicyclic) bond motifs is 1. The van der Waals surface area contributed by atoms with Gasteiger partial charge in [0.2, 0.25) is 0 Å². The number of ether oxygens (including phenoxy) is 3. The quantitative estimate of drug-likeness (QED) is 0.370. The predicted octanol–water partition coefficient (Wildman–Crippen LogP) is 3.38. The highest BCUT2D eigenvalue weighted by Gasteiger charge is 2.16. The first-order chi connectivity index (χ1) is 18.3. The van der Waals surface area contributed by atoms with E-state index in [4.69, 9.17) is 14.2 Å². The molecule has 1 heterocycles. The van der Waals surface area contributed by atoms with Crippen LogP contribution in [-0.4, -0.2) is 46.1 Å². The number of anilines is 2. The molecule has 0 radical (unpaired) electrons. The summed E-state index contributed by atoms with van der Waals surface area (Å²) in [5.41, 5.74) is 1.20. The number of urea groups is 1. The number of esters is 1. The summed E-state index contributed by atoms with van der Waals surface area (Å²) in [4.78, 5) is 36.5. The van der Waals surface area contributed by atoms with E-state index in [0.29, 0.717) is 36.0 Å². The van der Waals surface area contributed by atoms with Crippen LogP contribution in [0.3, 0.4) is 0 Å². The monoisotopic (exact) mass is 537 g/mol. The van der Waals surface area contributed by atoms with Crippen LogP contribution < -0.4 is 24.8 Å². The van der Waals surface area contributed by atoms with Gasteiger partial charge in [0.15, 0.2) is 18.1 Å². The first kappa shape index (κ1) is 26.2. The molecule has 0 aromatic heterocycles. The van der Waals surface area contributed by atoms with Gasteiger partial charge in [0.05, 0.1) is 11.0 Å². The van der Waals surface area contributed by atoms with Crippen molar-refractivity contribution in [3.8, 4) is 11.5 Å². The van der Waals surface area contributed by atoms with E-state index in [9.17, 15) is 22.8 Å². The Kier molecular flexibility index (Phi) is 8.23. The van der Waals surface area contributed by atoms with Crippen LogP contribution in [0.2, 0.25) is 0 Å². The molecule has 3 amide bonds. The van der Waals surface area contributed by atoms with Crippen molar-refractivity contribution in [2.24, 2.45) is 0 Å². The molecule has 196 valence electrons. The molecule has 1 aliphatic heterocycles. The minimum Gasteiger partial charge on any atom is -0.486 e. The molecular weight excluding hydrogens is 514 g/mol. The van der Waals surface area contributed by atoms with Crippen LogP contribution >= 0.6 is 0 Å². The van der Waals surface area contributed by atoms with Gasteiger partial charge in [-0.1, -0.05) is 36.4 Å². The molecule has 11 nitrogen and oxygen atoms in total. The van der Waals surface area contributed by atoms with Crippen molar-refractivity contribution >= 4 is 45.4 Å². The van der Waals surface area contributed by atoms with Crippen LogP contribution in [0.15, 0.2) is 78.2 Å². The van der Waals surface area contributed by atoms with Crippen molar-refractivity contribution in [3.63, 3.8) is 0 Å². The van der Waals surface area contributed by atoms with Gasteiger partial charge in [-0.2, -0.15) is 0 Å². The predicted molar refractivity (Wildman–Crippen MR) is 139 cm³/mol. The Morgan fingerprint density at radius 3 is 2.42 bits per heavy atom. The number of carbonyl (C=O) groups excluding carboxylic acids is 3. The summed E-state index contributed by atoms with van der Waals surface area (Å²) in [5, 5.41) is 5.53. The number of amides is 3. The molecule has 0 saturated carbocycles. The number of hydrogen-bond acceptors (Lipinski definition) is 8. The highest BCUT2D eigenvalue weighted by atomic mass is 32.2. The standard InChI is InChI=1S/C26H23N3O8S/c30-24(28-26(32)27-20-9-10-22-23(16-20)36-13-12-35-22)17-37-25(31)19-7-4-8-21(15-19)29-38(33,34)14-11-18-5-2-1-3-6-18/h1-11,14-16,29H,12-13,17H2,(H2,27,28,30,32)/b14-11+. The fourth-order valence-corrected chi connectivity index (χ4v) is 4.16. The van der Waals surface area contributed by atoms with Crippen LogP contribution in [0.5, 0.6) is 11.5 Å². The van der Waals surface area contributed by atoms with E-state index in [1.54, 1.807) is 42.5 Å². The second-order valence-electron chi connectivity index (χ2n) is 7.88. The van der Waals surface area contributed by atoms with Crippen molar-refractivity contribution in [2.75, 3.05) is 29.9 Å². The minimum atomic E-state index is -3.85. The van der Waals surface area contributed by atoms with E-state index in [0.717, 1.165) is 5.41 Å². The molecule has 12 heteroatoms. The Morgan fingerprint density at radius 2 is 1.63 bits per heavy atom. The van der Waals surface area contributed by atoms with Gasteiger partial charge in [-0.15, -0.1) is 0 Å². The molecule has 0 aliphatic carbocycles. The smallest absolute Gasteiger partial charge is 0.338 e. The number of imide groups is 1. The van der Waals surface area contributed by atoms with Crippen molar-refractivity contribution in [1.29, 1.82) is 0 Å². The molecule has 0 atom stereocenters. The molecule has 0 saturated heterocycles. The van der Waals surface area contributed by atoms with E-state index in [-0.39, 0.29) is 11.3 Å². The van der Waals surface area contributed by atoms with Crippen LogP contribution in [0.4, 0.5) is 16.2 Å². The van der Waals surface area contributed by atoms with E-state index in [1.165, 1.54) is 30.3 Å². The third kappa shape index (κ3) is 7.58. The lowest BCUT2D eigenvalue weighted by molar-refractivity contribution is -0.123. The van der Waals surface area contributed by atoms with E-state index in [2.05, 4.69) is 10.0 Å². The number of carbonyl (C=O) groups is 3. The van der Waals surface area contributed by atoms with E-state index < -0.39 is 34.5 Å². The highest BCUT2D eigenvalue weighted by molar-refractivity contribution is 7.95. The van der Waals surface area contributed by atoms with Crippen molar-refractivity contribution in [1.82, 2.24) is 5.32 Å². The van der Waals surface area contributed by atoms with Gasteiger partial charge in [0, 0.05) is 17.4 Å². The van der Waals surface area contributed by atoms with Crippen molar-refractivity contribution < 1.29 is 37.0 Å². The molecule has 38 heavy (non-hydrogen) atoms. The average molecular weight is 538 g/mol. The molecule has 3 aromatic rings. The Bertz CT molecular complexity index is 1470. The fourth-order valence-electron chi connectivity index (χ4n) is 3.30. The summed E-state index contributed by atoms with van der Waals surface area (Å²) >= 11 is 0. The molecular formula is C26H23N3O8S. The summed E-state index contributed by atoms with van der Waals surface area (Å²) in [6.07, 6.45) is 1.43. The third-order valence-corrected chi connectivity index (χ3v) is 6.00. The van der Waals surface area contributed by atoms with Crippen LogP contribution in [0.1, 0.15) is 15.9 Å². The summed E-state index contributed by atoms with van der Waals surface area (Å²) in [6, 6.07) is 18.4. The number of sulfonamides is 1. The Labute approximate surface area is 218 Å². The zero-order valence-electron chi connectivity index (χ0n) is 19.9. The first-order valence-corrected chi connectivity index (χ1v) is 12.9. The van der Waals surface area contributed by atoms with Crippen LogP contribution in [0.25, 0.3) is 6.08 Å². The maximum Gasteiger partial charge on any atom is 0.338 e. The normalized spacial score (nSPS) is 12.4. The maximum absolute atomic E-state index is 12.4. The summed E-state index contributed by atoms with van der Waals surface area (Å²) in [5.74, 6) is -0.735. The van der Waals surface area contributed by atoms with Gasteiger partial charge in [-0.05, 0) is 42.0 Å². The number of benzene rings is 3. The fraction of sp³-hybridized carbons (Fsp3) is 0.115. The van der Waals surface area contributed by atoms with E-state index in [1.807, 2.05) is 11.4 Å². The second kappa shape index (κ2) is 11.9. The van der Waals surface area contributed by atoms with Gasteiger partial charge in [-0.3, -0.25) is 14.8 Å². The Hall–Kier alpha value is -4.84. The summed E-state index contributed by atoms with van der Waals surface area (Å²) in [6.45, 7) is 0.0786. The molecule has 4 rings (SSSR count). The average Bonchev–Trinajstić information content (AvgIpc) is 2.91. The summed E-state index contributed by atoms with van der Waals surface area (Å²) in [7, 11) is -3.85. The molecule has 1 aliphatic rings. The zero-order chi connectivity index (χ0) is 27.0. The molecule has 0 unspecified atom stereocenters. The Morgan fingerprint density at radius 1 is 0.868 bits per heavy atom. The lowest BCUT2D eigenvalue weighted by Crippen LogP contribution is -2.37. The maximum atomic E-state index is 12.4. The van der Waals surface area contributed by atoms with Crippen molar-refractivity contribution in [2.45, 2.75) is 0 Å². The highest BCUT2D eigenvalue weighted by Crippen LogP contribution is 2.32. The lowest BCUT2D eigenvalue weighted by atomic mass is 10.2. The summed E-state index contributed by atoms with van der Waals surface area (Å²) < 4.78 is 42.8. The zero-order valence-corrected chi connectivity index (χ0v) is 20.7. The number of nitrogens with one attached hydrogen (secondary N) is 3. The Balaban J connectivity index is 1.27. The second-order valence-corrected chi connectivity index (χ2v) is 9.44. The van der Waals surface area contributed by atoms with Crippen LogP contribution in [-0.2, 0) is 19.6 Å². The van der Waals surface area contributed by atoms with Gasteiger partial charge in [0.25, 0.3) is 15.9 Å². The van der Waals surface area contributed by atoms with Gasteiger partial charge >= 0.3 is 12.0 Å².